The van der Waals surface area contributed by atoms with Crippen LogP contribution < -0.4 is 0 Å². The van der Waals surface area contributed by atoms with Gasteiger partial charge in [-0.1, -0.05) is 11.8 Å². The van der Waals surface area contributed by atoms with Crippen LogP contribution in [0, 0.1) is 29.0 Å². The zero-order valence-electron chi connectivity index (χ0n) is 7.62. The van der Waals surface area contributed by atoms with Crippen molar-refractivity contribution in [1.29, 1.82) is 5.26 Å². The van der Waals surface area contributed by atoms with Gasteiger partial charge >= 0.3 is 5.97 Å². The molecule has 0 saturated carbocycles. The predicted octanol–water partition coefficient (Wildman–Crippen LogP) is 1.52. The van der Waals surface area contributed by atoms with E-state index < -0.39 is 11.8 Å². The van der Waals surface area contributed by atoms with Crippen molar-refractivity contribution in [1.82, 2.24) is 0 Å². The molecule has 0 bridgehead atoms. The molecular weight excluding hydrogens is 197 g/mol. The van der Waals surface area contributed by atoms with Gasteiger partial charge in [-0.25, -0.2) is 4.39 Å². The van der Waals surface area contributed by atoms with Gasteiger partial charge in [0.2, 0.25) is 0 Å². The fourth-order valence-electron chi connectivity index (χ4n) is 0.906. The molecule has 0 unspecified atom stereocenters. The molecule has 0 atom stereocenters. The molecule has 0 aliphatic heterocycles. The molecule has 0 aromatic heterocycles. The zero-order valence-corrected chi connectivity index (χ0v) is 7.62. The van der Waals surface area contributed by atoms with Crippen molar-refractivity contribution in [3.05, 3.63) is 35.1 Å². The van der Waals surface area contributed by atoms with E-state index in [1.54, 1.807) is 0 Å². The molecule has 1 rings (SSSR count). The predicted molar refractivity (Wildman–Crippen MR) is 50.2 cm³/mol. The van der Waals surface area contributed by atoms with Gasteiger partial charge in [-0.15, -0.1) is 0 Å². The number of hydrogen-bond donors (Lipinski definition) is 1. The maximum Gasteiger partial charge on any atom is 0.315 e. The minimum Gasteiger partial charge on any atom is -0.481 e. The van der Waals surface area contributed by atoms with Crippen molar-refractivity contribution in [2.24, 2.45) is 0 Å². The number of halogens is 1. The van der Waals surface area contributed by atoms with E-state index in [1.807, 2.05) is 6.07 Å². The smallest absolute Gasteiger partial charge is 0.315 e. The number of nitrogens with zero attached hydrogens (tertiary/aromatic N) is 1. The van der Waals surface area contributed by atoms with Crippen LogP contribution in [-0.4, -0.2) is 11.1 Å². The number of aliphatic carboxylic acids is 1. The Bertz CT molecular complexity index is 492. The molecule has 3 nitrogen and oxygen atoms in total. The molecule has 74 valence electrons. The highest BCUT2D eigenvalue weighted by Crippen LogP contribution is 2.08. The Morgan fingerprint density at radius 3 is 2.87 bits per heavy atom. The van der Waals surface area contributed by atoms with E-state index >= 15 is 0 Å². The number of carboxylic acid groups (broad SMARTS) is 1. The summed E-state index contributed by atoms with van der Waals surface area (Å²) in [6.45, 7) is 0. The number of benzene rings is 1. The second-order valence-electron chi connectivity index (χ2n) is 2.68. The number of rotatable bonds is 1. The van der Waals surface area contributed by atoms with Crippen molar-refractivity contribution < 1.29 is 14.3 Å². The third-order valence-corrected chi connectivity index (χ3v) is 1.56. The first-order valence-electron chi connectivity index (χ1n) is 4.04. The standard InChI is InChI=1S/C11H6FNO2/c12-10-5-4-8(7-13)6-9(10)2-1-3-11(14)15/h4-6H,3H2,(H,14,15). The molecule has 1 aromatic rings. The van der Waals surface area contributed by atoms with Crippen molar-refractivity contribution >= 4 is 5.97 Å². The van der Waals surface area contributed by atoms with Crippen LogP contribution in [0.25, 0.3) is 0 Å². The third kappa shape index (κ3) is 3.13. The molecule has 0 fully saturated rings. The molecule has 0 saturated heterocycles. The molecule has 1 N–H and O–H groups in total. The fourth-order valence-corrected chi connectivity index (χ4v) is 0.906. The quantitative estimate of drug-likeness (QED) is 0.704. The summed E-state index contributed by atoms with van der Waals surface area (Å²) < 4.78 is 13.1. The van der Waals surface area contributed by atoms with Crippen molar-refractivity contribution in [3.8, 4) is 17.9 Å². The van der Waals surface area contributed by atoms with Crippen LogP contribution in [0.1, 0.15) is 17.5 Å². The SMILES string of the molecule is N#Cc1ccc(F)c(C#CCC(=O)O)c1. The molecule has 0 radical (unpaired) electrons. The van der Waals surface area contributed by atoms with Crippen LogP contribution in [0.3, 0.4) is 0 Å². The number of nitriles is 1. The lowest BCUT2D eigenvalue weighted by Crippen LogP contribution is -1.91. The van der Waals surface area contributed by atoms with E-state index in [1.165, 1.54) is 12.1 Å². The first-order valence-corrected chi connectivity index (χ1v) is 4.04. The molecule has 4 heteroatoms. The summed E-state index contributed by atoms with van der Waals surface area (Å²) in [6.07, 6.45) is -0.351. The van der Waals surface area contributed by atoms with E-state index in [0.29, 0.717) is 0 Å². The highest BCUT2D eigenvalue weighted by atomic mass is 19.1. The van der Waals surface area contributed by atoms with Gasteiger partial charge in [0, 0.05) is 0 Å². The summed E-state index contributed by atoms with van der Waals surface area (Å²) >= 11 is 0. The van der Waals surface area contributed by atoms with Gasteiger partial charge in [0.05, 0.1) is 17.2 Å². The van der Waals surface area contributed by atoms with E-state index in [-0.39, 0.29) is 17.5 Å². The average molecular weight is 203 g/mol. The molecule has 1 aromatic carbocycles. The first-order chi connectivity index (χ1) is 7.13. The summed E-state index contributed by atoms with van der Waals surface area (Å²) in [5, 5.41) is 16.9. The summed E-state index contributed by atoms with van der Waals surface area (Å²) in [7, 11) is 0. The molecular formula is C11H6FNO2. The van der Waals surface area contributed by atoms with Gasteiger partial charge in [0.15, 0.2) is 0 Å². The summed E-state index contributed by atoms with van der Waals surface area (Å²) in [5.74, 6) is 3.02. The Morgan fingerprint density at radius 1 is 1.53 bits per heavy atom. The van der Waals surface area contributed by atoms with Crippen LogP contribution in [0.2, 0.25) is 0 Å². The van der Waals surface area contributed by atoms with Crippen LogP contribution in [0.5, 0.6) is 0 Å². The summed E-state index contributed by atoms with van der Waals surface area (Å²) in [4.78, 5) is 10.1. The molecule has 0 aliphatic carbocycles. The van der Waals surface area contributed by atoms with Gasteiger partial charge in [-0.2, -0.15) is 5.26 Å². The van der Waals surface area contributed by atoms with Gasteiger partial charge in [-0.05, 0) is 18.2 Å². The molecule has 15 heavy (non-hydrogen) atoms. The maximum absolute atomic E-state index is 13.1. The first kappa shape index (κ1) is 10.7. The van der Waals surface area contributed by atoms with Crippen molar-refractivity contribution in [3.63, 3.8) is 0 Å². The lowest BCUT2D eigenvalue weighted by atomic mass is 10.1. The average Bonchev–Trinajstić information content (AvgIpc) is 2.20. The zero-order chi connectivity index (χ0) is 11.3. The van der Waals surface area contributed by atoms with Gasteiger partial charge < -0.3 is 5.11 Å². The second kappa shape index (κ2) is 4.78. The van der Waals surface area contributed by atoms with Crippen LogP contribution in [0.15, 0.2) is 18.2 Å². The van der Waals surface area contributed by atoms with Crippen LogP contribution in [0.4, 0.5) is 4.39 Å². The topological polar surface area (TPSA) is 61.1 Å². The van der Waals surface area contributed by atoms with E-state index in [4.69, 9.17) is 10.4 Å². The monoisotopic (exact) mass is 203 g/mol. The summed E-state index contributed by atoms with van der Waals surface area (Å²) in [5.41, 5.74) is 0.325. The minimum absolute atomic E-state index is 0.0373. The number of hydrogen-bond acceptors (Lipinski definition) is 2. The van der Waals surface area contributed by atoms with Crippen LogP contribution in [-0.2, 0) is 4.79 Å². The minimum atomic E-state index is -1.07. The maximum atomic E-state index is 13.1. The Morgan fingerprint density at radius 2 is 2.27 bits per heavy atom. The number of carboxylic acids is 1. The summed E-state index contributed by atoms with van der Waals surface area (Å²) in [6, 6.07) is 5.58. The Labute approximate surface area is 85.8 Å². The molecule has 0 amide bonds. The molecule has 0 aliphatic rings. The number of carbonyl (C=O) groups is 1. The largest absolute Gasteiger partial charge is 0.481 e. The highest BCUT2D eigenvalue weighted by Gasteiger charge is 2.00. The third-order valence-electron chi connectivity index (χ3n) is 1.56. The van der Waals surface area contributed by atoms with Gasteiger partial charge in [0.1, 0.15) is 12.2 Å². The van der Waals surface area contributed by atoms with E-state index in [2.05, 4.69) is 11.8 Å². The van der Waals surface area contributed by atoms with Crippen molar-refractivity contribution in [2.75, 3.05) is 0 Å². The lowest BCUT2D eigenvalue weighted by molar-refractivity contribution is -0.135. The fraction of sp³-hybridized carbons (Fsp3) is 0.0909. The Balaban J connectivity index is 2.97. The van der Waals surface area contributed by atoms with Crippen LogP contribution >= 0.6 is 0 Å². The van der Waals surface area contributed by atoms with Gasteiger partial charge in [0.25, 0.3) is 0 Å². The van der Waals surface area contributed by atoms with E-state index in [0.717, 1.165) is 6.07 Å². The molecule has 0 spiro atoms. The Kier molecular flexibility index (Phi) is 3.43. The second-order valence-corrected chi connectivity index (χ2v) is 2.68. The molecule has 0 heterocycles. The normalized spacial score (nSPS) is 8.53. The van der Waals surface area contributed by atoms with Crippen molar-refractivity contribution in [2.45, 2.75) is 6.42 Å². The lowest BCUT2D eigenvalue weighted by Gasteiger charge is -1.93. The Hall–Kier alpha value is -2.33. The van der Waals surface area contributed by atoms with Gasteiger partial charge in [-0.3, -0.25) is 4.79 Å². The van der Waals surface area contributed by atoms with E-state index in [9.17, 15) is 9.18 Å². The highest BCUT2D eigenvalue weighted by molar-refractivity contribution is 5.70.